The van der Waals surface area contributed by atoms with E-state index in [-0.39, 0.29) is 24.3 Å². The topological polar surface area (TPSA) is 117 Å². The van der Waals surface area contributed by atoms with E-state index in [1.807, 2.05) is 6.07 Å². The fourth-order valence-corrected chi connectivity index (χ4v) is 5.38. The molecule has 1 unspecified atom stereocenters. The van der Waals surface area contributed by atoms with Crippen LogP contribution in [0.4, 0.5) is 10.6 Å². The van der Waals surface area contributed by atoms with Crippen molar-refractivity contribution in [2.24, 2.45) is 5.73 Å². The number of hydrogen-bond acceptors (Lipinski definition) is 6. The monoisotopic (exact) mass is 501 g/mol. The Morgan fingerprint density at radius 2 is 1.80 bits per heavy atom. The van der Waals surface area contributed by atoms with Gasteiger partial charge in [0.2, 0.25) is 0 Å². The molecule has 10 heteroatoms. The summed E-state index contributed by atoms with van der Waals surface area (Å²) < 4.78 is 1.54. The number of nitrogens with two attached hydrogens (primary N) is 1. The van der Waals surface area contributed by atoms with E-state index in [9.17, 15) is 9.59 Å². The van der Waals surface area contributed by atoms with Gasteiger partial charge < -0.3 is 21.3 Å². The zero-order valence-corrected chi connectivity index (χ0v) is 20.9. The number of benzene rings is 1. The van der Waals surface area contributed by atoms with Crippen molar-refractivity contribution in [3.8, 4) is 5.69 Å². The van der Waals surface area contributed by atoms with Gasteiger partial charge in [-0.05, 0) is 74.3 Å². The highest BCUT2D eigenvalue weighted by atomic mass is 35.5. The van der Waals surface area contributed by atoms with Crippen LogP contribution < -0.4 is 27.4 Å². The van der Waals surface area contributed by atoms with Gasteiger partial charge in [0.1, 0.15) is 5.82 Å². The quantitative estimate of drug-likeness (QED) is 0.507. The van der Waals surface area contributed by atoms with Crippen LogP contribution in [0.2, 0.25) is 0 Å². The Kier molecular flexibility index (Phi) is 8.43. The molecule has 2 fully saturated rings. The standard InChI is InChI=1S/C25H35N7O2.ClH/c26-19-3-6-20(7-4-19)28-21-5-1-18-16-22(8-2-17(18)15-21)32-12-9-23(30-25(32)34)29-24(33)31-13-10-27-11-14-31;/h2,8-9,12,16,19-21,27-28H,1,3-7,10-11,13-15,26H2,(H,29,30,33,34);1H/t19-,20-,21?;. The van der Waals surface area contributed by atoms with Gasteiger partial charge >= 0.3 is 11.7 Å². The zero-order valence-electron chi connectivity index (χ0n) is 20.0. The summed E-state index contributed by atoms with van der Waals surface area (Å²) in [7, 11) is 0. The van der Waals surface area contributed by atoms with Gasteiger partial charge in [-0.15, -0.1) is 12.4 Å². The van der Waals surface area contributed by atoms with Crippen molar-refractivity contribution >= 4 is 24.3 Å². The van der Waals surface area contributed by atoms with E-state index in [4.69, 9.17) is 5.73 Å². The molecule has 0 spiro atoms. The molecule has 1 saturated carbocycles. The molecule has 1 aromatic heterocycles. The minimum absolute atomic E-state index is 0. The Morgan fingerprint density at radius 3 is 2.54 bits per heavy atom. The highest BCUT2D eigenvalue weighted by Gasteiger charge is 2.24. The third kappa shape index (κ3) is 6.22. The molecule has 190 valence electrons. The average Bonchev–Trinajstić information content (AvgIpc) is 2.86. The van der Waals surface area contributed by atoms with Crippen LogP contribution in [0, 0.1) is 0 Å². The molecule has 2 aliphatic carbocycles. The maximum Gasteiger partial charge on any atom is 0.354 e. The molecule has 1 aliphatic heterocycles. The Labute approximate surface area is 212 Å². The van der Waals surface area contributed by atoms with E-state index >= 15 is 0 Å². The largest absolute Gasteiger partial charge is 0.354 e. The van der Waals surface area contributed by atoms with Crippen LogP contribution in [0.15, 0.2) is 35.3 Å². The van der Waals surface area contributed by atoms with Gasteiger partial charge in [0.15, 0.2) is 0 Å². The molecular weight excluding hydrogens is 466 g/mol. The number of anilines is 1. The smallest absolute Gasteiger partial charge is 0.328 e. The molecule has 0 bridgehead atoms. The first-order chi connectivity index (χ1) is 16.5. The molecule has 2 amide bonds. The van der Waals surface area contributed by atoms with Crippen molar-refractivity contribution < 1.29 is 4.79 Å². The van der Waals surface area contributed by atoms with Crippen molar-refractivity contribution in [1.82, 2.24) is 25.1 Å². The molecule has 5 rings (SSSR count). The van der Waals surface area contributed by atoms with E-state index in [2.05, 4.69) is 33.1 Å². The maximum absolute atomic E-state index is 12.7. The Morgan fingerprint density at radius 1 is 1.03 bits per heavy atom. The number of nitrogens with one attached hydrogen (secondary N) is 3. The van der Waals surface area contributed by atoms with Gasteiger partial charge in [-0.2, -0.15) is 4.98 Å². The zero-order chi connectivity index (χ0) is 23.5. The summed E-state index contributed by atoms with van der Waals surface area (Å²) in [5, 5.41) is 9.81. The molecule has 1 atom stereocenters. The summed E-state index contributed by atoms with van der Waals surface area (Å²) in [5.74, 6) is 0.278. The van der Waals surface area contributed by atoms with Crippen LogP contribution in [0.3, 0.4) is 0 Å². The van der Waals surface area contributed by atoms with Gasteiger partial charge in [-0.25, -0.2) is 9.59 Å². The number of halogens is 1. The van der Waals surface area contributed by atoms with Crippen LogP contribution >= 0.6 is 12.4 Å². The van der Waals surface area contributed by atoms with Crippen LogP contribution in [0.5, 0.6) is 0 Å². The number of amides is 2. The van der Waals surface area contributed by atoms with Crippen molar-refractivity contribution in [1.29, 1.82) is 0 Å². The molecular formula is C25H36ClN7O2. The van der Waals surface area contributed by atoms with Crippen LogP contribution in [-0.4, -0.2) is 64.8 Å². The number of piperazine rings is 1. The van der Waals surface area contributed by atoms with Crippen molar-refractivity contribution in [2.45, 2.75) is 63.1 Å². The molecule has 2 heterocycles. The second-order valence-corrected chi connectivity index (χ2v) is 9.80. The van der Waals surface area contributed by atoms with Crippen molar-refractivity contribution in [2.75, 3.05) is 31.5 Å². The summed E-state index contributed by atoms with van der Waals surface area (Å²) in [6, 6.07) is 9.15. The highest BCUT2D eigenvalue weighted by molar-refractivity contribution is 5.88. The molecule has 2 aromatic rings. The number of fused-ring (bicyclic) bond motifs is 1. The minimum Gasteiger partial charge on any atom is -0.328 e. The van der Waals surface area contributed by atoms with Gasteiger partial charge in [0, 0.05) is 50.5 Å². The maximum atomic E-state index is 12.7. The number of carbonyl (C=O) groups is 1. The predicted molar refractivity (Wildman–Crippen MR) is 140 cm³/mol. The second kappa shape index (κ2) is 11.5. The van der Waals surface area contributed by atoms with Crippen LogP contribution in [-0.2, 0) is 12.8 Å². The summed E-state index contributed by atoms with van der Waals surface area (Å²) in [4.78, 5) is 30.9. The first-order valence-electron chi connectivity index (χ1n) is 12.6. The third-order valence-electron chi connectivity index (χ3n) is 7.38. The van der Waals surface area contributed by atoms with E-state index in [0.29, 0.717) is 31.2 Å². The number of aromatic nitrogens is 2. The number of carbonyl (C=O) groups excluding carboxylic acids is 1. The van der Waals surface area contributed by atoms with Gasteiger partial charge in [-0.1, -0.05) is 6.07 Å². The minimum atomic E-state index is -0.399. The first kappa shape index (κ1) is 25.6. The fourth-order valence-electron chi connectivity index (χ4n) is 5.38. The Hall–Kier alpha value is -2.46. The molecule has 9 nitrogen and oxygen atoms in total. The normalized spacial score (nSPS) is 24.3. The van der Waals surface area contributed by atoms with Crippen LogP contribution in [0.1, 0.15) is 43.2 Å². The first-order valence-corrected chi connectivity index (χ1v) is 12.6. The lowest BCUT2D eigenvalue weighted by Gasteiger charge is -2.33. The fraction of sp³-hybridized carbons (Fsp3) is 0.560. The lowest BCUT2D eigenvalue weighted by Crippen LogP contribution is -2.48. The lowest BCUT2D eigenvalue weighted by molar-refractivity contribution is 0.204. The summed E-state index contributed by atoms with van der Waals surface area (Å²) in [5.41, 5.74) is 9.10. The van der Waals surface area contributed by atoms with E-state index in [1.165, 1.54) is 28.5 Å². The van der Waals surface area contributed by atoms with E-state index in [1.54, 1.807) is 17.2 Å². The number of urea groups is 1. The van der Waals surface area contributed by atoms with Gasteiger partial charge in [0.05, 0.1) is 5.69 Å². The SMILES string of the molecule is Cl.N[C@H]1CC[C@H](NC2CCc3cc(-n4ccc(NC(=O)N5CCNCC5)nc4=O)ccc3C2)CC1. The van der Waals surface area contributed by atoms with Crippen molar-refractivity contribution in [3.05, 3.63) is 52.1 Å². The molecule has 1 saturated heterocycles. The van der Waals surface area contributed by atoms with Gasteiger partial charge in [-0.3, -0.25) is 9.88 Å². The average molecular weight is 502 g/mol. The summed E-state index contributed by atoms with van der Waals surface area (Å²) in [6.07, 6.45) is 9.37. The molecule has 3 aliphatic rings. The molecule has 5 N–H and O–H groups in total. The number of rotatable bonds is 4. The Bertz CT molecular complexity index is 1080. The third-order valence-corrected chi connectivity index (χ3v) is 7.38. The molecule has 1 aromatic carbocycles. The van der Waals surface area contributed by atoms with Gasteiger partial charge in [0.25, 0.3) is 0 Å². The number of nitrogens with zero attached hydrogens (tertiary/aromatic N) is 3. The highest BCUT2D eigenvalue weighted by Crippen LogP contribution is 2.26. The molecule has 0 radical (unpaired) electrons. The van der Waals surface area contributed by atoms with Crippen molar-refractivity contribution in [3.63, 3.8) is 0 Å². The van der Waals surface area contributed by atoms with E-state index in [0.717, 1.165) is 50.9 Å². The summed E-state index contributed by atoms with van der Waals surface area (Å²) >= 11 is 0. The Balaban J connectivity index is 0.00000289. The number of hydrogen-bond donors (Lipinski definition) is 4. The molecule has 35 heavy (non-hydrogen) atoms. The number of aryl methyl sites for hydroxylation is 1. The second-order valence-electron chi connectivity index (χ2n) is 9.80. The summed E-state index contributed by atoms with van der Waals surface area (Å²) in [6.45, 7) is 2.83. The lowest BCUT2D eigenvalue weighted by atomic mass is 9.85. The van der Waals surface area contributed by atoms with Crippen LogP contribution in [0.25, 0.3) is 5.69 Å². The van der Waals surface area contributed by atoms with E-state index < -0.39 is 5.69 Å². The predicted octanol–water partition coefficient (Wildman–Crippen LogP) is 1.81.